The molecule has 0 unspecified atom stereocenters. The number of nitrogens with zero attached hydrogens (tertiary/aromatic N) is 2. The van der Waals surface area contributed by atoms with Crippen molar-refractivity contribution in [2.24, 2.45) is 5.92 Å². The highest BCUT2D eigenvalue weighted by Gasteiger charge is 2.34. The van der Waals surface area contributed by atoms with Crippen LogP contribution in [0.2, 0.25) is 0 Å². The summed E-state index contributed by atoms with van der Waals surface area (Å²) < 4.78 is 12.8. The number of rotatable bonds is 4. The molecule has 1 aliphatic carbocycles. The molecular formula is C16H21FN2O. The standard InChI is InChI=1S/C16H21FN2O/c17-15-5-1-13(2-6-15)7-8-18-9-11-19(12-10-18)16(20)14-3-4-14/h1-2,5-6,14H,3-4,7-12H2. The number of halogens is 1. The van der Waals surface area contributed by atoms with Crippen LogP contribution in [0.4, 0.5) is 4.39 Å². The summed E-state index contributed by atoms with van der Waals surface area (Å²) in [5.41, 5.74) is 1.17. The van der Waals surface area contributed by atoms with Crippen LogP contribution in [0, 0.1) is 11.7 Å². The van der Waals surface area contributed by atoms with Crippen molar-refractivity contribution in [3.63, 3.8) is 0 Å². The monoisotopic (exact) mass is 276 g/mol. The second-order valence-electron chi connectivity index (χ2n) is 5.82. The van der Waals surface area contributed by atoms with E-state index in [9.17, 15) is 9.18 Å². The summed E-state index contributed by atoms with van der Waals surface area (Å²) in [5.74, 6) is 0.518. The average molecular weight is 276 g/mol. The number of carbonyl (C=O) groups excluding carboxylic acids is 1. The van der Waals surface area contributed by atoms with Gasteiger partial charge in [0.25, 0.3) is 0 Å². The van der Waals surface area contributed by atoms with Gasteiger partial charge in [-0.05, 0) is 37.0 Å². The molecule has 2 fully saturated rings. The fourth-order valence-electron chi connectivity index (χ4n) is 2.72. The van der Waals surface area contributed by atoms with E-state index in [0.717, 1.165) is 52.0 Å². The highest BCUT2D eigenvalue weighted by Crippen LogP contribution is 2.31. The summed E-state index contributed by atoms with van der Waals surface area (Å²) in [6, 6.07) is 6.73. The molecule has 20 heavy (non-hydrogen) atoms. The van der Waals surface area contributed by atoms with Crippen molar-refractivity contribution in [1.82, 2.24) is 9.80 Å². The lowest BCUT2D eigenvalue weighted by Gasteiger charge is -2.34. The van der Waals surface area contributed by atoms with E-state index >= 15 is 0 Å². The molecule has 108 valence electrons. The molecule has 2 aliphatic rings. The van der Waals surface area contributed by atoms with Crippen LogP contribution in [0.3, 0.4) is 0 Å². The first-order valence-corrected chi connectivity index (χ1v) is 7.48. The molecule has 1 saturated carbocycles. The fourth-order valence-corrected chi connectivity index (χ4v) is 2.72. The molecule has 4 heteroatoms. The van der Waals surface area contributed by atoms with Gasteiger partial charge in [-0.15, -0.1) is 0 Å². The van der Waals surface area contributed by atoms with Crippen LogP contribution in [0.15, 0.2) is 24.3 Å². The zero-order valence-electron chi connectivity index (χ0n) is 11.7. The Labute approximate surface area is 119 Å². The first-order valence-electron chi connectivity index (χ1n) is 7.48. The summed E-state index contributed by atoms with van der Waals surface area (Å²) in [4.78, 5) is 16.4. The van der Waals surface area contributed by atoms with E-state index in [-0.39, 0.29) is 5.82 Å². The molecule has 1 aromatic carbocycles. The van der Waals surface area contributed by atoms with Crippen LogP contribution in [-0.2, 0) is 11.2 Å². The zero-order chi connectivity index (χ0) is 13.9. The van der Waals surface area contributed by atoms with Gasteiger partial charge < -0.3 is 4.90 Å². The maximum absolute atomic E-state index is 12.8. The SMILES string of the molecule is O=C(C1CC1)N1CCN(CCc2ccc(F)cc2)CC1. The van der Waals surface area contributed by atoms with E-state index in [2.05, 4.69) is 4.90 Å². The van der Waals surface area contributed by atoms with Crippen molar-refractivity contribution >= 4 is 5.91 Å². The van der Waals surface area contributed by atoms with Crippen LogP contribution in [-0.4, -0.2) is 48.4 Å². The van der Waals surface area contributed by atoms with Gasteiger partial charge in [0.15, 0.2) is 0 Å². The number of piperazine rings is 1. The van der Waals surface area contributed by atoms with Crippen molar-refractivity contribution in [2.45, 2.75) is 19.3 Å². The third kappa shape index (κ3) is 3.37. The van der Waals surface area contributed by atoms with E-state index in [0.29, 0.717) is 11.8 Å². The largest absolute Gasteiger partial charge is 0.340 e. The molecule has 1 heterocycles. The molecule has 0 radical (unpaired) electrons. The van der Waals surface area contributed by atoms with Gasteiger partial charge in [-0.1, -0.05) is 12.1 Å². The summed E-state index contributed by atoms with van der Waals surface area (Å²) in [6.45, 7) is 4.62. The molecule has 0 aromatic heterocycles. The minimum absolute atomic E-state index is 0.180. The molecule has 3 nitrogen and oxygen atoms in total. The molecule has 1 saturated heterocycles. The number of hydrogen-bond acceptors (Lipinski definition) is 2. The molecule has 0 bridgehead atoms. The Hall–Kier alpha value is -1.42. The van der Waals surface area contributed by atoms with E-state index < -0.39 is 0 Å². The van der Waals surface area contributed by atoms with Gasteiger partial charge in [0.1, 0.15) is 5.82 Å². The summed E-state index contributed by atoms with van der Waals surface area (Å²) in [6.07, 6.45) is 3.12. The van der Waals surface area contributed by atoms with Crippen molar-refractivity contribution in [2.75, 3.05) is 32.7 Å². The molecule has 3 rings (SSSR count). The van der Waals surface area contributed by atoms with Crippen LogP contribution in [0.1, 0.15) is 18.4 Å². The Balaban J connectivity index is 1.42. The van der Waals surface area contributed by atoms with Gasteiger partial charge in [-0.25, -0.2) is 4.39 Å². The minimum atomic E-state index is -0.180. The lowest BCUT2D eigenvalue weighted by molar-refractivity contribution is -0.134. The Morgan fingerprint density at radius 3 is 2.35 bits per heavy atom. The molecule has 0 N–H and O–H groups in total. The molecule has 1 aromatic rings. The van der Waals surface area contributed by atoms with E-state index in [1.54, 1.807) is 0 Å². The van der Waals surface area contributed by atoms with Crippen LogP contribution >= 0.6 is 0 Å². The second kappa shape index (κ2) is 5.92. The predicted molar refractivity (Wildman–Crippen MR) is 75.8 cm³/mol. The van der Waals surface area contributed by atoms with Crippen LogP contribution in [0.25, 0.3) is 0 Å². The lowest BCUT2D eigenvalue weighted by Crippen LogP contribution is -2.49. The fraction of sp³-hybridized carbons (Fsp3) is 0.562. The normalized spacial score (nSPS) is 20.1. The molecule has 1 amide bonds. The van der Waals surface area contributed by atoms with Gasteiger partial charge in [0.05, 0.1) is 0 Å². The first kappa shape index (κ1) is 13.6. The van der Waals surface area contributed by atoms with Crippen molar-refractivity contribution in [3.05, 3.63) is 35.6 Å². The Morgan fingerprint density at radius 2 is 1.75 bits per heavy atom. The topological polar surface area (TPSA) is 23.6 Å². The number of hydrogen-bond donors (Lipinski definition) is 0. The molecule has 0 atom stereocenters. The van der Waals surface area contributed by atoms with Gasteiger partial charge in [-0.2, -0.15) is 0 Å². The quantitative estimate of drug-likeness (QED) is 0.839. The predicted octanol–water partition coefficient (Wildman–Crippen LogP) is 1.92. The van der Waals surface area contributed by atoms with E-state index in [1.165, 1.54) is 17.7 Å². The minimum Gasteiger partial charge on any atom is -0.340 e. The van der Waals surface area contributed by atoms with Crippen LogP contribution < -0.4 is 0 Å². The van der Waals surface area contributed by atoms with Crippen molar-refractivity contribution in [1.29, 1.82) is 0 Å². The van der Waals surface area contributed by atoms with Crippen molar-refractivity contribution < 1.29 is 9.18 Å². The lowest BCUT2D eigenvalue weighted by atomic mass is 10.1. The van der Waals surface area contributed by atoms with Gasteiger partial charge in [-0.3, -0.25) is 9.69 Å². The van der Waals surface area contributed by atoms with E-state index in [1.807, 2.05) is 17.0 Å². The highest BCUT2D eigenvalue weighted by atomic mass is 19.1. The van der Waals surface area contributed by atoms with Gasteiger partial charge in [0.2, 0.25) is 5.91 Å². The number of benzene rings is 1. The Kier molecular flexibility index (Phi) is 4.01. The summed E-state index contributed by atoms with van der Waals surface area (Å²) >= 11 is 0. The smallest absolute Gasteiger partial charge is 0.225 e. The van der Waals surface area contributed by atoms with Gasteiger partial charge >= 0.3 is 0 Å². The molecule has 0 spiro atoms. The maximum Gasteiger partial charge on any atom is 0.225 e. The molecular weight excluding hydrogens is 255 g/mol. The third-order valence-corrected chi connectivity index (χ3v) is 4.24. The van der Waals surface area contributed by atoms with Crippen LogP contribution in [0.5, 0.6) is 0 Å². The first-order chi connectivity index (χ1) is 9.72. The highest BCUT2D eigenvalue weighted by molar-refractivity contribution is 5.81. The van der Waals surface area contributed by atoms with Gasteiger partial charge in [0, 0.05) is 38.6 Å². The summed E-state index contributed by atoms with van der Waals surface area (Å²) in [7, 11) is 0. The second-order valence-corrected chi connectivity index (χ2v) is 5.82. The average Bonchev–Trinajstić information content (AvgIpc) is 3.31. The number of carbonyl (C=O) groups is 1. The summed E-state index contributed by atoms with van der Waals surface area (Å²) in [5, 5.41) is 0. The number of amides is 1. The molecule has 1 aliphatic heterocycles. The maximum atomic E-state index is 12.8. The van der Waals surface area contributed by atoms with Crippen molar-refractivity contribution in [3.8, 4) is 0 Å². The Bertz CT molecular complexity index is 462. The van der Waals surface area contributed by atoms with E-state index in [4.69, 9.17) is 0 Å². The Morgan fingerprint density at radius 1 is 1.10 bits per heavy atom. The third-order valence-electron chi connectivity index (χ3n) is 4.24. The zero-order valence-corrected chi connectivity index (χ0v) is 11.7.